The van der Waals surface area contributed by atoms with Crippen molar-refractivity contribution < 1.29 is 4.90 Å². The van der Waals surface area contributed by atoms with Gasteiger partial charge < -0.3 is 9.80 Å². The first-order valence-electron chi connectivity index (χ1n) is 8.89. The third-order valence-corrected chi connectivity index (χ3v) is 6.13. The predicted molar refractivity (Wildman–Crippen MR) is 98.0 cm³/mol. The molecule has 2 aromatic rings. The van der Waals surface area contributed by atoms with Gasteiger partial charge in [-0.1, -0.05) is 36.0 Å². The highest BCUT2D eigenvalue weighted by Gasteiger charge is 2.23. The van der Waals surface area contributed by atoms with Gasteiger partial charge in [0.25, 0.3) is 0 Å². The van der Waals surface area contributed by atoms with Crippen LogP contribution in [-0.2, 0) is 0 Å². The average Bonchev–Trinajstić information content (AvgIpc) is 2.62. The van der Waals surface area contributed by atoms with E-state index in [0.29, 0.717) is 0 Å². The number of nitrogens with zero attached hydrogens (tertiary/aromatic N) is 1. The van der Waals surface area contributed by atoms with Crippen molar-refractivity contribution in [1.82, 2.24) is 0 Å². The molecular weight excluding hydrogens is 300 g/mol. The number of piperidine rings is 1. The van der Waals surface area contributed by atoms with Crippen molar-refractivity contribution in [2.75, 3.05) is 31.1 Å². The first-order valence-corrected chi connectivity index (χ1v) is 9.70. The molecule has 4 rings (SSSR count). The van der Waals surface area contributed by atoms with E-state index in [1.54, 1.807) is 0 Å². The van der Waals surface area contributed by atoms with Crippen LogP contribution in [0.1, 0.15) is 25.7 Å². The first-order chi connectivity index (χ1) is 11.4. The molecule has 0 aromatic heterocycles. The highest BCUT2D eigenvalue weighted by molar-refractivity contribution is 7.99. The van der Waals surface area contributed by atoms with Gasteiger partial charge >= 0.3 is 0 Å². The van der Waals surface area contributed by atoms with E-state index in [0.717, 1.165) is 6.54 Å². The fourth-order valence-corrected chi connectivity index (χ4v) is 4.91. The minimum absolute atomic E-state index is 1.12. The van der Waals surface area contributed by atoms with Crippen molar-refractivity contribution in [3.8, 4) is 0 Å². The maximum atomic E-state index is 2.53. The summed E-state index contributed by atoms with van der Waals surface area (Å²) < 4.78 is 0. The van der Waals surface area contributed by atoms with Crippen LogP contribution < -0.4 is 9.80 Å². The molecule has 1 fully saturated rings. The van der Waals surface area contributed by atoms with E-state index in [-0.39, 0.29) is 0 Å². The van der Waals surface area contributed by atoms with Crippen molar-refractivity contribution in [2.45, 2.75) is 35.5 Å². The molecule has 120 valence electrons. The molecule has 0 atom stereocenters. The molecule has 0 bridgehead atoms. The maximum absolute atomic E-state index is 2.53. The van der Waals surface area contributed by atoms with Crippen molar-refractivity contribution in [3.05, 3.63) is 48.5 Å². The Morgan fingerprint density at radius 2 is 1.43 bits per heavy atom. The normalized spacial score (nSPS) is 17.7. The van der Waals surface area contributed by atoms with Gasteiger partial charge in [0, 0.05) is 22.8 Å². The minimum atomic E-state index is 1.12. The number of nitrogens with one attached hydrogen (secondary N) is 1. The number of likely N-dealkylation sites (tertiary alicyclic amines) is 1. The van der Waals surface area contributed by atoms with Gasteiger partial charge in [-0.2, -0.15) is 0 Å². The van der Waals surface area contributed by atoms with Crippen LogP contribution in [0.5, 0.6) is 0 Å². The van der Waals surface area contributed by atoms with Crippen LogP contribution in [0.2, 0.25) is 0 Å². The Morgan fingerprint density at radius 3 is 2.09 bits per heavy atom. The van der Waals surface area contributed by atoms with E-state index in [1.807, 2.05) is 16.7 Å². The smallest absolute Gasteiger partial charge is 0.0788 e. The van der Waals surface area contributed by atoms with Crippen LogP contribution in [0.4, 0.5) is 11.4 Å². The van der Waals surface area contributed by atoms with Crippen LogP contribution in [0.25, 0.3) is 0 Å². The molecule has 2 aromatic carbocycles. The molecule has 2 aliphatic heterocycles. The van der Waals surface area contributed by atoms with Crippen molar-refractivity contribution in [3.63, 3.8) is 0 Å². The number of quaternary nitrogens is 1. The van der Waals surface area contributed by atoms with E-state index < -0.39 is 0 Å². The minimum Gasteiger partial charge on any atom is -0.339 e. The Kier molecular flexibility index (Phi) is 4.58. The lowest BCUT2D eigenvalue weighted by molar-refractivity contribution is -0.904. The Labute approximate surface area is 143 Å². The second-order valence-electron chi connectivity index (χ2n) is 6.60. The molecule has 0 spiro atoms. The molecular formula is C20H25N2S+. The van der Waals surface area contributed by atoms with Crippen molar-refractivity contribution in [1.29, 1.82) is 0 Å². The molecule has 2 aliphatic rings. The highest BCUT2D eigenvalue weighted by atomic mass is 32.2. The zero-order valence-corrected chi connectivity index (χ0v) is 14.4. The van der Waals surface area contributed by atoms with Crippen LogP contribution in [0.3, 0.4) is 0 Å². The van der Waals surface area contributed by atoms with Gasteiger partial charge in [0.2, 0.25) is 0 Å². The summed E-state index contributed by atoms with van der Waals surface area (Å²) in [6, 6.07) is 17.7. The van der Waals surface area contributed by atoms with E-state index in [1.165, 1.54) is 66.5 Å². The van der Waals surface area contributed by atoms with Crippen LogP contribution in [0, 0.1) is 0 Å². The monoisotopic (exact) mass is 325 g/mol. The number of hydrogen-bond donors (Lipinski definition) is 1. The van der Waals surface area contributed by atoms with Gasteiger partial charge in [-0.3, -0.25) is 0 Å². The third-order valence-electron chi connectivity index (χ3n) is 5.00. The second kappa shape index (κ2) is 6.98. The van der Waals surface area contributed by atoms with Gasteiger partial charge in [0.05, 0.1) is 31.0 Å². The number of benzene rings is 2. The fraction of sp³-hybridized carbons (Fsp3) is 0.400. The SMILES string of the molecule is c1ccc2c(c1)Sc1ccccc1N2CCC[NH+]1CCCCC1. The quantitative estimate of drug-likeness (QED) is 0.915. The van der Waals surface area contributed by atoms with E-state index in [2.05, 4.69) is 53.4 Å². The molecule has 0 unspecified atom stereocenters. The summed E-state index contributed by atoms with van der Waals surface area (Å²) >= 11 is 1.90. The van der Waals surface area contributed by atoms with Crippen molar-refractivity contribution >= 4 is 23.1 Å². The Hall–Kier alpha value is -1.45. The van der Waals surface area contributed by atoms with Crippen molar-refractivity contribution in [2.24, 2.45) is 0 Å². The van der Waals surface area contributed by atoms with Crippen LogP contribution in [0.15, 0.2) is 58.3 Å². The lowest BCUT2D eigenvalue weighted by Crippen LogP contribution is -3.12. The van der Waals surface area contributed by atoms with E-state index >= 15 is 0 Å². The number of hydrogen-bond acceptors (Lipinski definition) is 2. The topological polar surface area (TPSA) is 7.68 Å². The number of anilines is 2. The summed E-state index contributed by atoms with van der Waals surface area (Å²) in [4.78, 5) is 7.11. The highest BCUT2D eigenvalue weighted by Crippen LogP contribution is 2.47. The summed E-state index contributed by atoms with van der Waals surface area (Å²) in [5.74, 6) is 0. The Balaban J connectivity index is 1.50. The van der Waals surface area contributed by atoms with Gasteiger partial charge in [-0.05, 0) is 43.5 Å². The Bertz CT molecular complexity index is 619. The fourth-order valence-electron chi connectivity index (χ4n) is 3.81. The maximum Gasteiger partial charge on any atom is 0.0788 e. The van der Waals surface area contributed by atoms with Crippen LogP contribution >= 0.6 is 11.8 Å². The lowest BCUT2D eigenvalue weighted by Gasteiger charge is -2.33. The average molecular weight is 326 g/mol. The zero-order valence-electron chi connectivity index (χ0n) is 13.6. The molecule has 1 N–H and O–H groups in total. The summed E-state index contributed by atoms with van der Waals surface area (Å²) in [5, 5.41) is 0. The molecule has 23 heavy (non-hydrogen) atoms. The second-order valence-corrected chi connectivity index (χ2v) is 7.69. The van der Waals surface area contributed by atoms with Gasteiger partial charge in [0.1, 0.15) is 0 Å². The predicted octanol–water partition coefficient (Wildman–Crippen LogP) is 3.75. The first kappa shape index (κ1) is 15.1. The standard InChI is InChI=1S/C20H24N2S/c1-6-13-21(14-7-1)15-8-16-22-17-9-2-4-11-19(17)23-20-12-5-3-10-18(20)22/h2-5,9-12H,1,6-8,13-16H2/p+1. The molecule has 0 radical (unpaired) electrons. The molecule has 2 heterocycles. The molecule has 0 aliphatic carbocycles. The molecule has 0 amide bonds. The molecule has 2 nitrogen and oxygen atoms in total. The molecule has 1 saturated heterocycles. The van der Waals surface area contributed by atoms with E-state index in [4.69, 9.17) is 0 Å². The summed E-state index contributed by atoms with van der Waals surface area (Å²) in [5.41, 5.74) is 2.76. The van der Waals surface area contributed by atoms with Gasteiger partial charge in [-0.25, -0.2) is 0 Å². The number of rotatable bonds is 4. The largest absolute Gasteiger partial charge is 0.339 e. The number of fused-ring (bicyclic) bond motifs is 2. The molecule has 0 saturated carbocycles. The van der Waals surface area contributed by atoms with Crippen LogP contribution in [-0.4, -0.2) is 26.2 Å². The summed E-state index contributed by atoms with van der Waals surface area (Å²) in [6.45, 7) is 5.19. The molecule has 3 heteroatoms. The lowest BCUT2D eigenvalue weighted by atomic mass is 10.1. The zero-order chi connectivity index (χ0) is 15.5. The third kappa shape index (κ3) is 3.26. The summed E-state index contributed by atoms with van der Waals surface area (Å²) in [7, 11) is 0. The van der Waals surface area contributed by atoms with E-state index in [9.17, 15) is 0 Å². The summed E-state index contributed by atoms with van der Waals surface area (Å²) in [6.07, 6.45) is 5.54. The Morgan fingerprint density at radius 1 is 0.826 bits per heavy atom. The van der Waals surface area contributed by atoms with Gasteiger partial charge in [0.15, 0.2) is 0 Å². The van der Waals surface area contributed by atoms with Gasteiger partial charge in [-0.15, -0.1) is 0 Å². The number of para-hydroxylation sites is 2.